The van der Waals surface area contributed by atoms with Gasteiger partial charge in [-0.25, -0.2) is 4.99 Å². The highest BCUT2D eigenvalue weighted by molar-refractivity contribution is 5.76. The third-order valence-corrected chi connectivity index (χ3v) is 4.51. The molecule has 1 aliphatic rings. The van der Waals surface area contributed by atoms with Crippen LogP contribution in [0.2, 0.25) is 0 Å². The molecular weight excluding hydrogens is 256 g/mol. The van der Waals surface area contributed by atoms with Crippen molar-refractivity contribution in [1.82, 2.24) is 0 Å². The standard InChI is InChI=1S/C14H28N4O2/c1-4-8(5-2)12(15)10-6-9(13(19)20-3)7-11(10)18-14(16)17/h8-12H,4-7,15H2,1-3H3,(H4,16,17,18). The molecule has 0 aromatic carbocycles. The fraction of sp³-hybridized carbons (Fsp3) is 0.857. The van der Waals surface area contributed by atoms with Gasteiger partial charge < -0.3 is 21.9 Å². The Kier molecular flexibility index (Phi) is 6.26. The molecule has 0 amide bonds. The smallest absolute Gasteiger partial charge is 0.308 e. The second-order valence-electron chi connectivity index (χ2n) is 5.63. The second kappa shape index (κ2) is 7.47. The van der Waals surface area contributed by atoms with Crippen LogP contribution in [-0.2, 0) is 9.53 Å². The Morgan fingerprint density at radius 2 is 1.90 bits per heavy atom. The Bertz CT molecular complexity index is 351. The molecule has 6 N–H and O–H groups in total. The van der Waals surface area contributed by atoms with Crippen LogP contribution < -0.4 is 17.2 Å². The van der Waals surface area contributed by atoms with Crippen molar-refractivity contribution < 1.29 is 9.53 Å². The van der Waals surface area contributed by atoms with E-state index in [1.165, 1.54) is 7.11 Å². The van der Waals surface area contributed by atoms with Crippen molar-refractivity contribution in [3.05, 3.63) is 0 Å². The van der Waals surface area contributed by atoms with Gasteiger partial charge in [-0.05, 0) is 24.7 Å². The Hall–Kier alpha value is -1.30. The molecular formula is C14H28N4O2. The van der Waals surface area contributed by atoms with Crippen LogP contribution in [0, 0.1) is 17.8 Å². The molecule has 6 nitrogen and oxygen atoms in total. The highest BCUT2D eigenvalue weighted by Crippen LogP contribution is 2.38. The third kappa shape index (κ3) is 3.85. The van der Waals surface area contributed by atoms with Crippen molar-refractivity contribution in [3.8, 4) is 0 Å². The van der Waals surface area contributed by atoms with Crippen molar-refractivity contribution in [2.45, 2.75) is 51.6 Å². The van der Waals surface area contributed by atoms with Gasteiger partial charge in [-0.3, -0.25) is 4.79 Å². The van der Waals surface area contributed by atoms with Gasteiger partial charge >= 0.3 is 5.97 Å². The lowest BCUT2D eigenvalue weighted by Crippen LogP contribution is -2.41. The number of carbonyl (C=O) groups excluding carboxylic acids is 1. The molecule has 4 unspecified atom stereocenters. The lowest BCUT2D eigenvalue weighted by molar-refractivity contribution is -0.145. The highest BCUT2D eigenvalue weighted by Gasteiger charge is 2.42. The molecule has 6 heteroatoms. The van der Waals surface area contributed by atoms with Gasteiger partial charge in [0.1, 0.15) is 0 Å². The van der Waals surface area contributed by atoms with E-state index in [-0.39, 0.29) is 35.8 Å². The summed E-state index contributed by atoms with van der Waals surface area (Å²) in [6.45, 7) is 4.27. The molecule has 0 aromatic heterocycles. The molecule has 0 bridgehead atoms. The number of nitrogens with two attached hydrogens (primary N) is 3. The lowest BCUT2D eigenvalue weighted by Gasteiger charge is -2.29. The molecule has 1 rings (SSSR count). The Balaban J connectivity index is 2.89. The molecule has 0 heterocycles. The van der Waals surface area contributed by atoms with E-state index >= 15 is 0 Å². The highest BCUT2D eigenvalue weighted by atomic mass is 16.5. The van der Waals surface area contributed by atoms with E-state index in [4.69, 9.17) is 21.9 Å². The van der Waals surface area contributed by atoms with Crippen LogP contribution in [0.25, 0.3) is 0 Å². The molecule has 0 aromatic rings. The Labute approximate surface area is 121 Å². The maximum atomic E-state index is 11.7. The van der Waals surface area contributed by atoms with Gasteiger partial charge in [0.15, 0.2) is 5.96 Å². The number of ether oxygens (including phenoxy) is 1. The minimum absolute atomic E-state index is 0.00718. The summed E-state index contributed by atoms with van der Waals surface area (Å²) in [5, 5.41) is 0. The molecule has 4 atom stereocenters. The first-order chi connectivity index (χ1) is 9.44. The molecule has 20 heavy (non-hydrogen) atoms. The summed E-state index contributed by atoms with van der Waals surface area (Å²) in [4.78, 5) is 16.0. The summed E-state index contributed by atoms with van der Waals surface area (Å²) < 4.78 is 4.84. The SMILES string of the molecule is CCC(CC)C(N)C1CC(C(=O)OC)CC1N=C(N)N. The van der Waals surface area contributed by atoms with Gasteiger partial charge in [-0.1, -0.05) is 26.7 Å². The molecule has 116 valence electrons. The number of aliphatic imine (C=N–C) groups is 1. The van der Waals surface area contributed by atoms with Gasteiger partial charge in [0.25, 0.3) is 0 Å². The number of nitrogens with zero attached hydrogens (tertiary/aromatic N) is 1. The van der Waals surface area contributed by atoms with E-state index in [2.05, 4.69) is 18.8 Å². The largest absolute Gasteiger partial charge is 0.469 e. The van der Waals surface area contributed by atoms with E-state index < -0.39 is 0 Å². The zero-order valence-electron chi connectivity index (χ0n) is 12.7. The third-order valence-electron chi connectivity index (χ3n) is 4.51. The molecule has 1 fully saturated rings. The van der Waals surface area contributed by atoms with Gasteiger partial charge in [-0.2, -0.15) is 0 Å². The first-order valence-electron chi connectivity index (χ1n) is 7.36. The fourth-order valence-corrected chi connectivity index (χ4v) is 3.34. The molecule has 0 radical (unpaired) electrons. The number of guanidine groups is 1. The van der Waals surface area contributed by atoms with Crippen LogP contribution in [0.4, 0.5) is 0 Å². The van der Waals surface area contributed by atoms with E-state index in [1.54, 1.807) is 0 Å². The first-order valence-corrected chi connectivity index (χ1v) is 7.36. The molecule has 0 aliphatic heterocycles. The first kappa shape index (κ1) is 16.8. The summed E-state index contributed by atoms with van der Waals surface area (Å²) in [7, 11) is 1.41. The Morgan fingerprint density at radius 1 is 1.30 bits per heavy atom. The number of hydrogen-bond acceptors (Lipinski definition) is 4. The number of hydrogen-bond donors (Lipinski definition) is 3. The number of esters is 1. The number of methoxy groups -OCH3 is 1. The van der Waals surface area contributed by atoms with Crippen molar-refractivity contribution in [2.24, 2.45) is 39.9 Å². The van der Waals surface area contributed by atoms with Gasteiger partial charge in [0.2, 0.25) is 0 Å². The number of rotatable bonds is 6. The zero-order chi connectivity index (χ0) is 15.3. The van der Waals surface area contributed by atoms with Gasteiger partial charge in [0, 0.05) is 6.04 Å². The zero-order valence-corrected chi connectivity index (χ0v) is 12.7. The number of carbonyl (C=O) groups is 1. The fourth-order valence-electron chi connectivity index (χ4n) is 3.34. The van der Waals surface area contributed by atoms with Crippen LogP contribution in [-0.4, -0.2) is 31.1 Å². The molecule has 0 saturated heterocycles. The summed E-state index contributed by atoms with van der Waals surface area (Å²) >= 11 is 0. The van der Waals surface area contributed by atoms with Gasteiger partial charge in [0.05, 0.1) is 19.1 Å². The maximum absolute atomic E-state index is 11.7. The molecule has 1 saturated carbocycles. The van der Waals surface area contributed by atoms with Crippen LogP contribution in [0.1, 0.15) is 39.5 Å². The second-order valence-corrected chi connectivity index (χ2v) is 5.63. The van der Waals surface area contributed by atoms with E-state index in [0.717, 1.165) is 12.8 Å². The molecule has 0 spiro atoms. The summed E-state index contributed by atoms with van der Waals surface area (Å²) in [6.07, 6.45) is 3.35. The Morgan fingerprint density at radius 3 is 2.35 bits per heavy atom. The molecule has 1 aliphatic carbocycles. The van der Waals surface area contributed by atoms with Crippen molar-refractivity contribution >= 4 is 11.9 Å². The van der Waals surface area contributed by atoms with Crippen molar-refractivity contribution in [1.29, 1.82) is 0 Å². The quantitative estimate of drug-likeness (QED) is 0.375. The minimum Gasteiger partial charge on any atom is -0.469 e. The van der Waals surface area contributed by atoms with Crippen LogP contribution in [0.3, 0.4) is 0 Å². The predicted molar refractivity (Wildman–Crippen MR) is 79.9 cm³/mol. The van der Waals surface area contributed by atoms with Crippen LogP contribution >= 0.6 is 0 Å². The monoisotopic (exact) mass is 284 g/mol. The maximum Gasteiger partial charge on any atom is 0.308 e. The van der Waals surface area contributed by atoms with E-state index in [0.29, 0.717) is 18.8 Å². The summed E-state index contributed by atoms with van der Waals surface area (Å²) in [6, 6.07) is -0.0764. The minimum atomic E-state index is -0.194. The van der Waals surface area contributed by atoms with Crippen molar-refractivity contribution in [3.63, 3.8) is 0 Å². The topological polar surface area (TPSA) is 117 Å². The van der Waals surface area contributed by atoms with Crippen molar-refractivity contribution in [2.75, 3.05) is 7.11 Å². The average Bonchev–Trinajstić information content (AvgIpc) is 2.82. The van der Waals surface area contributed by atoms with Gasteiger partial charge in [-0.15, -0.1) is 0 Å². The van der Waals surface area contributed by atoms with Crippen LogP contribution in [0.5, 0.6) is 0 Å². The summed E-state index contributed by atoms with van der Waals surface area (Å²) in [5.41, 5.74) is 17.4. The normalized spacial score (nSPS) is 27.4. The van der Waals surface area contributed by atoms with E-state index in [9.17, 15) is 4.79 Å². The van der Waals surface area contributed by atoms with E-state index in [1.807, 2.05) is 0 Å². The lowest BCUT2D eigenvalue weighted by atomic mass is 9.82. The van der Waals surface area contributed by atoms with Crippen LogP contribution in [0.15, 0.2) is 4.99 Å². The summed E-state index contributed by atoms with van der Waals surface area (Å²) in [5.74, 6) is 0.264. The predicted octanol–water partition coefficient (Wildman–Crippen LogP) is 0.591. The average molecular weight is 284 g/mol.